The standard InChI is InChI=1S/C14H18N8O/c1-7-4-9(21-23-7)6-22-3-2-8(5-22)12-17-10-11(15)18-14(16)20-13(10)19-12/h4,8H,2-3,5-6H2,1H3,(H5,15,16,17,18,19,20). The molecule has 0 aliphatic carbocycles. The number of nitrogen functional groups attached to an aromatic ring is 2. The first-order valence-electron chi connectivity index (χ1n) is 7.51. The number of aryl methyl sites for hydroxylation is 1. The molecule has 3 aromatic rings. The number of fused-ring (bicyclic) bond motifs is 1. The van der Waals surface area contributed by atoms with Crippen LogP contribution < -0.4 is 11.5 Å². The molecule has 1 fully saturated rings. The Morgan fingerprint density at radius 2 is 2.22 bits per heavy atom. The van der Waals surface area contributed by atoms with E-state index in [1.54, 1.807) is 0 Å². The van der Waals surface area contributed by atoms with Crippen LogP contribution in [0.1, 0.15) is 29.6 Å². The molecule has 0 spiro atoms. The van der Waals surface area contributed by atoms with Gasteiger partial charge in [-0.05, 0) is 19.9 Å². The van der Waals surface area contributed by atoms with Crippen molar-refractivity contribution in [2.75, 3.05) is 24.6 Å². The molecular weight excluding hydrogens is 296 g/mol. The third kappa shape index (κ3) is 2.59. The zero-order chi connectivity index (χ0) is 16.0. The van der Waals surface area contributed by atoms with Crippen LogP contribution in [0.5, 0.6) is 0 Å². The number of nitrogens with one attached hydrogen (secondary N) is 1. The summed E-state index contributed by atoms with van der Waals surface area (Å²) in [6.07, 6.45) is 1.01. The Hall–Kier alpha value is -2.68. The van der Waals surface area contributed by atoms with Gasteiger partial charge in [0.05, 0.1) is 5.69 Å². The van der Waals surface area contributed by atoms with Crippen LogP contribution >= 0.6 is 0 Å². The Morgan fingerprint density at radius 3 is 3.00 bits per heavy atom. The summed E-state index contributed by atoms with van der Waals surface area (Å²) in [6.45, 7) is 4.56. The topological polar surface area (TPSA) is 136 Å². The molecule has 0 bridgehead atoms. The van der Waals surface area contributed by atoms with E-state index in [4.69, 9.17) is 16.0 Å². The highest BCUT2D eigenvalue weighted by Gasteiger charge is 2.27. The van der Waals surface area contributed by atoms with Gasteiger partial charge in [0, 0.05) is 25.1 Å². The minimum absolute atomic E-state index is 0.141. The van der Waals surface area contributed by atoms with Gasteiger partial charge in [-0.2, -0.15) is 9.97 Å². The molecule has 0 amide bonds. The Balaban J connectivity index is 1.52. The van der Waals surface area contributed by atoms with Crippen molar-refractivity contribution in [1.82, 2.24) is 30.0 Å². The molecule has 1 aliphatic heterocycles. The van der Waals surface area contributed by atoms with Gasteiger partial charge in [0.25, 0.3) is 0 Å². The molecule has 0 saturated carbocycles. The number of nitrogens with two attached hydrogens (primary N) is 2. The van der Waals surface area contributed by atoms with Gasteiger partial charge >= 0.3 is 0 Å². The molecule has 1 aliphatic rings. The minimum Gasteiger partial charge on any atom is -0.382 e. The van der Waals surface area contributed by atoms with E-state index in [0.717, 1.165) is 43.3 Å². The highest BCUT2D eigenvalue weighted by Crippen LogP contribution is 2.28. The fourth-order valence-electron chi connectivity index (χ4n) is 3.07. The predicted molar refractivity (Wildman–Crippen MR) is 84.4 cm³/mol. The predicted octanol–water partition coefficient (Wildman–Crippen LogP) is 0.803. The van der Waals surface area contributed by atoms with Gasteiger partial charge in [-0.15, -0.1) is 0 Å². The van der Waals surface area contributed by atoms with E-state index >= 15 is 0 Å². The Morgan fingerprint density at radius 1 is 1.35 bits per heavy atom. The van der Waals surface area contributed by atoms with Crippen molar-refractivity contribution >= 4 is 22.9 Å². The van der Waals surface area contributed by atoms with Crippen LogP contribution in [0.2, 0.25) is 0 Å². The molecule has 1 unspecified atom stereocenters. The van der Waals surface area contributed by atoms with Crippen molar-refractivity contribution < 1.29 is 4.52 Å². The maximum absolute atomic E-state index is 5.87. The number of anilines is 2. The molecule has 0 aromatic carbocycles. The molecule has 0 radical (unpaired) electrons. The molecule has 3 aromatic heterocycles. The summed E-state index contributed by atoms with van der Waals surface area (Å²) in [4.78, 5) is 18.2. The van der Waals surface area contributed by atoms with E-state index in [2.05, 4.69) is 30.0 Å². The number of nitrogens with zero attached hydrogens (tertiary/aromatic N) is 5. The maximum Gasteiger partial charge on any atom is 0.224 e. The lowest BCUT2D eigenvalue weighted by atomic mass is 10.1. The largest absolute Gasteiger partial charge is 0.382 e. The Kier molecular flexibility index (Phi) is 3.15. The number of rotatable bonds is 3. The van der Waals surface area contributed by atoms with Crippen molar-refractivity contribution in [3.05, 3.63) is 23.3 Å². The summed E-state index contributed by atoms with van der Waals surface area (Å²) in [6, 6.07) is 1.97. The number of hydrogen-bond donors (Lipinski definition) is 3. The first kappa shape index (κ1) is 13.9. The third-order valence-electron chi connectivity index (χ3n) is 4.14. The lowest BCUT2D eigenvalue weighted by Gasteiger charge is -2.13. The van der Waals surface area contributed by atoms with Crippen LogP contribution in [0.15, 0.2) is 10.6 Å². The van der Waals surface area contributed by atoms with Crippen LogP contribution in [0.3, 0.4) is 0 Å². The second kappa shape index (κ2) is 5.20. The number of imidazole rings is 1. The number of aromatic amines is 1. The average Bonchev–Trinajstić information content (AvgIpc) is 3.19. The summed E-state index contributed by atoms with van der Waals surface area (Å²) in [7, 11) is 0. The van der Waals surface area contributed by atoms with E-state index in [9.17, 15) is 0 Å². The van der Waals surface area contributed by atoms with Crippen molar-refractivity contribution in [2.24, 2.45) is 0 Å². The normalized spacial score (nSPS) is 18.9. The molecule has 1 atom stereocenters. The van der Waals surface area contributed by atoms with Gasteiger partial charge in [0.2, 0.25) is 5.95 Å². The lowest BCUT2D eigenvalue weighted by Crippen LogP contribution is -2.20. The molecular formula is C14H18N8O. The summed E-state index contributed by atoms with van der Waals surface area (Å²) >= 11 is 0. The van der Waals surface area contributed by atoms with Gasteiger partial charge in [-0.1, -0.05) is 5.16 Å². The fourth-order valence-corrected chi connectivity index (χ4v) is 3.07. The zero-order valence-electron chi connectivity index (χ0n) is 12.8. The number of likely N-dealkylation sites (tertiary alicyclic amines) is 1. The summed E-state index contributed by atoms with van der Waals surface area (Å²) < 4.78 is 5.11. The second-order valence-electron chi connectivity index (χ2n) is 5.94. The van der Waals surface area contributed by atoms with Crippen molar-refractivity contribution in [1.29, 1.82) is 0 Å². The van der Waals surface area contributed by atoms with E-state index in [1.165, 1.54) is 0 Å². The van der Waals surface area contributed by atoms with E-state index < -0.39 is 0 Å². The number of H-pyrrole nitrogens is 1. The third-order valence-corrected chi connectivity index (χ3v) is 4.14. The van der Waals surface area contributed by atoms with E-state index in [1.807, 2.05) is 13.0 Å². The van der Waals surface area contributed by atoms with E-state index in [0.29, 0.717) is 22.9 Å². The van der Waals surface area contributed by atoms with E-state index in [-0.39, 0.29) is 5.95 Å². The van der Waals surface area contributed by atoms with Gasteiger partial charge in [-0.3, -0.25) is 4.90 Å². The van der Waals surface area contributed by atoms with Gasteiger partial charge in [0.15, 0.2) is 11.5 Å². The number of aromatic nitrogens is 5. The van der Waals surface area contributed by atoms with Gasteiger partial charge < -0.3 is 21.0 Å². The Bertz CT molecular complexity index is 854. The maximum atomic E-state index is 5.87. The van der Waals surface area contributed by atoms with Crippen LogP contribution in [0.4, 0.5) is 11.8 Å². The molecule has 4 heterocycles. The van der Waals surface area contributed by atoms with Crippen molar-refractivity contribution in [3.63, 3.8) is 0 Å². The van der Waals surface area contributed by atoms with Crippen LogP contribution in [-0.4, -0.2) is 43.1 Å². The Labute approximate surface area is 132 Å². The average molecular weight is 314 g/mol. The quantitative estimate of drug-likeness (QED) is 0.646. The molecule has 4 rings (SSSR count). The van der Waals surface area contributed by atoms with Gasteiger partial charge in [-0.25, -0.2) is 4.98 Å². The van der Waals surface area contributed by atoms with Crippen LogP contribution in [0.25, 0.3) is 11.2 Å². The first-order valence-corrected chi connectivity index (χ1v) is 7.51. The SMILES string of the molecule is Cc1cc(CN2CCC(c3nc4nc(N)nc(N)c4[nH]3)C2)no1. The molecule has 9 heteroatoms. The highest BCUT2D eigenvalue weighted by molar-refractivity contribution is 5.82. The van der Waals surface area contributed by atoms with Crippen molar-refractivity contribution in [2.45, 2.75) is 25.8 Å². The zero-order valence-corrected chi connectivity index (χ0v) is 12.8. The molecule has 120 valence electrons. The highest BCUT2D eigenvalue weighted by atomic mass is 16.5. The minimum atomic E-state index is 0.141. The monoisotopic (exact) mass is 314 g/mol. The summed E-state index contributed by atoms with van der Waals surface area (Å²) in [5.74, 6) is 2.49. The van der Waals surface area contributed by atoms with Gasteiger partial charge in [0.1, 0.15) is 17.1 Å². The fraction of sp³-hybridized carbons (Fsp3) is 0.429. The first-order chi connectivity index (χ1) is 11.1. The molecule has 1 saturated heterocycles. The lowest BCUT2D eigenvalue weighted by molar-refractivity contribution is 0.307. The summed E-state index contributed by atoms with van der Waals surface area (Å²) in [5, 5.41) is 4.04. The van der Waals surface area contributed by atoms with Crippen LogP contribution in [-0.2, 0) is 6.54 Å². The number of hydrogen-bond acceptors (Lipinski definition) is 8. The molecule has 9 nitrogen and oxygen atoms in total. The van der Waals surface area contributed by atoms with Crippen molar-refractivity contribution in [3.8, 4) is 0 Å². The second-order valence-corrected chi connectivity index (χ2v) is 5.94. The smallest absolute Gasteiger partial charge is 0.224 e. The van der Waals surface area contributed by atoms with Crippen LogP contribution in [0, 0.1) is 6.92 Å². The molecule has 23 heavy (non-hydrogen) atoms. The summed E-state index contributed by atoms with van der Waals surface area (Å²) in [5.41, 5.74) is 13.6. The molecule has 5 N–H and O–H groups in total.